The van der Waals surface area contributed by atoms with E-state index in [1.54, 1.807) is 0 Å². The van der Waals surface area contributed by atoms with Crippen LogP contribution in [0.4, 0.5) is 0 Å². The first-order valence-corrected chi connectivity index (χ1v) is 17.6. The molecular formula is C37H66O6. The molecule has 0 aromatic rings. The molecule has 0 bridgehead atoms. The summed E-state index contributed by atoms with van der Waals surface area (Å²) in [5.74, 6) is -2.18. The largest absolute Gasteiger partial charge is 0.481 e. The Hall–Kier alpha value is -1.92. The second-order valence-electron chi connectivity index (χ2n) is 12.3. The Morgan fingerprint density at radius 3 is 1.63 bits per heavy atom. The molecule has 43 heavy (non-hydrogen) atoms. The molecule has 0 saturated heterocycles. The van der Waals surface area contributed by atoms with E-state index in [0.29, 0.717) is 0 Å². The summed E-state index contributed by atoms with van der Waals surface area (Å²) in [7, 11) is 0. The first-order valence-electron chi connectivity index (χ1n) is 17.6. The zero-order chi connectivity index (χ0) is 31.8. The van der Waals surface area contributed by atoms with E-state index in [-0.39, 0.29) is 18.8 Å². The van der Waals surface area contributed by atoms with Gasteiger partial charge in [-0.05, 0) is 63.7 Å². The van der Waals surface area contributed by atoms with Gasteiger partial charge in [-0.1, -0.05) is 133 Å². The summed E-state index contributed by atoms with van der Waals surface area (Å²) < 4.78 is 0. The van der Waals surface area contributed by atoms with Gasteiger partial charge in [0.15, 0.2) is 0 Å². The Morgan fingerprint density at radius 1 is 0.605 bits per heavy atom. The fraction of sp³-hybridized carbons (Fsp3) is 0.784. The van der Waals surface area contributed by atoms with E-state index in [4.69, 9.17) is 5.11 Å². The minimum Gasteiger partial charge on any atom is -0.481 e. The Balaban J connectivity index is 4.27. The topological polar surface area (TPSA) is 115 Å². The summed E-state index contributed by atoms with van der Waals surface area (Å²) in [6.45, 7) is 1.85. The van der Waals surface area contributed by atoms with Crippen LogP contribution in [0.1, 0.15) is 161 Å². The number of aliphatic hydroxyl groups excluding tert-OH is 2. The van der Waals surface area contributed by atoms with Crippen LogP contribution in [0.25, 0.3) is 0 Å². The number of hydrogen-bond acceptors (Lipinski definition) is 4. The molecule has 3 unspecified atom stereocenters. The van der Waals surface area contributed by atoms with Gasteiger partial charge in [0.2, 0.25) is 0 Å². The fourth-order valence-corrected chi connectivity index (χ4v) is 5.64. The van der Waals surface area contributed by atoms with Crippen LogP contribution in [0.2, 0.25) is 0 Å². The molecule has 250 valence electrons. The smallest absolute Gasteiger partial charge is 0.306 e. The average Bonchev–Trinajstić information content (AvgIpc) is 2.98. The lowest BCUT2D eigenvalue weighted by Crippen LogP contribution is -2.29. The number of carbonyl (C=O) groups is 2. The van der Waals surface area contributed by atoms with E-state index < -0.39 is 30.6 Å². The lowest BCUT2D eigenvalue weighted by atomic mass is 9.81. The van der Waals surface area contributed by atoms with Crippen molar-refractivity contribution < 1.29 is 30.0 Å². The Labute approximate surface area is 263 Å². The number of unbranched alkanes of at least 4 members (excludes halogenated alkanes) is 15. The monoisotopic (exact) mass is 606 g/mol. The number of allylic oxidation sites excluding steroid dienone is 6. The molecule has 4 N–H and O–H groups in total. The Bertz CT molecular complexity index is 729. The van der Waals surface area contributed by atoms with Crippen molar-refractivity contribution in [2.75, 3.05) is 6.61 Å². The normalized spacial score (nSPS) is 14.2. The van der Waals surface area contributed by atoms with Gasteiger partial charge in [-0.2, -0.15) is 0 Å². The number of rotatable bonds is 32. The van der Waals surface area contributed by atoms with Gasteiger partial charge in [-0.15, -0.1) is 0 Å². The van der Waals surface area contributed by atoms with Gasteiger partial charge in [0.05, 0.1) is 18.6 Å². The summed E-state index contributed by atoms with van der Waals surface area (Å²) >= 11 is 0. The van der Waals surface area contributed by atoms with Crippen molar-refractivity contribution in [1.29, 1.82) is 0 Å². The van der Waals surface area contributed by atoms with Crippen LogP contribution in [0, 0.1) is 11.8 Å². The van der Waals surface area contributed by atoms with Crippen molar-refractivity contribution in [1.82, 2.24) is 0 Å². The van der Waals surface area contributed by atoms with Crippen LogP contribution < -0.4 is 0 Å². The first-order chi connectivity index (χ1) is 20.9. The van der Waals surface area contributed by atoms with Crippen molar-refractivity contribution in [3.05, 3.63) is 36.5 Å². The SMILES string of the molecule is CCCCCCCCCCCCCC(CC/C=C\C/C=C\C/C=C\CCCCCCCC(=O)O)C(CC(O)CO)C(=O)O. The molecule has 3 atom stereocenters. The zero-order valence-electron chi connectivity index (χ0n) is 27.5. The van der Waals surface area contributed by atoms with Gasteiger partial charge in [0.1, 0.15) is 0 Å². The van der Waals surface area contributed by atoms with Crippen LogP contribution in [-0.2, 0) is 9.59 Å². The van der Waals surface area contributed by atoms with E-state index in [0.717, 1.165) is 83.5 Å². The Kier molecular flexibility index (Phi) is 30.1. The van der Waals surface area contributed by atoms with E-state index in [9.17, 15) is 24.9 Å². The van der Waals surface area contributed by atoms with Crippen LogP contribution in [0.3, 0.4) is 0 Å². The first kappa shape index (κ1) is 41.1. The number of aliphatic carboxylic acids is 2. The van der Waals surface area contributed by atoms with Crippen LogP contribution >= 0.6 is 0 Å². The van der Waals surface area contributed by atoms with E-state index in [2.05, 4.69) is 43.4 Å². The molecule has 0 rings (SSSR count). The maximum Gasteiger partial charge on any atom is 0.306 e. The van der Waals surface area contributed by atoms with Crippen LogP contribution in [-0.4, -0.2) is 45.1 Å². The molecule has 6 nitrogen and oxygen atoms in total. The van der Waals surface area contributed by atoms with Crippen molar-refractivity contribution >= 4 is 11.9 Å². The highest BCUT2D eigenvalue weighted by Gasteiger charge is 2.29. The highest BCUT2D eigenvalue weighted by atomic mass is 16.4. The predicted molar refractivity (Wildman–Crippen MR) is 179 cm³/mol. The minimum absolute atomic E-state index is 0.00679. The molecule has 0 aliphatic heterocycles. The van der Waals surface area contributed by atoms with Gasteiger partial charge >= 0.3 is 11.9 Å². The zero-order valence-corrected chi connectivity index (χ0v) is 27.5. The van der Waals surface area contributed by atoms with Gasteiger partial charge < -0.3 is 20.4 Å². The summed E-state index contributed by atoms with van der Waals surface area (Å²) in [6, 6.07) is 0. The maximum absolute atomic E-state index is 12.0. The average molecular weight is 607 g/mol. The lowest BCUT2D eigenvalue weighted by Gasteiger charge is -2.25. The van der Waals surface area contributed by atoms with Gasteiger partial charge in [-0.3, -0.25) is 9.59 Å². The van der Waals surface area contributed by atoms with Crippen LogP contribution in [0.5, 0.6) is 0 Å². The summed E-state index contributed by atoms with van der Waals surface area (Å²) in [5.41, 5.74) is 0. The molecule has 0 aliphatic carbocycles. The predicted octanol–water partition coefficient (Wildman–Crippen LogP) is 9.79. The van der Waals surface area contributed by atoms with Crippen molar-refractivity contribution in [3.63, 3.8) is 0 Å². The molecule has 0 saturated carbocycles. The molecule has 0 amide bonds. The molecule has 0 radical (unpaired) electrons. The molecule has 0 aromatic carbocycles. The second kappa shape index (κ2) is 31.5. The third kappa shape index (κ3) is 28.6. The summed E-state index contributed by atoms with van der Waals surface area (Å²) in [4.78, 5) is 22.5. The van der Waals surface area contributed by atoms with E-state index in [1.165, 1.54) is 57.8 Å². The van der Waals surface area contributed by atoms with Gasteiger partial charge in [0, 0.05) is 6.42 Å². The highest BCUT2D eigenvalue weighted by Crippen LogP contribution is 2.29. The van der Waals surface area contributed by atoms with Gasteiger partial charge in [-0.25, -0.2) is 0 Å². The number of aliphatic hydroxyl groups is 2. The number of hydrogen-bond donors (Lipinski definition) is 4. The third-order valence-corrected chi connectivity index (χ3v) is 8.31. The highest BCUT2D eigenvalue weighted by molar-refractivity contribution is 5.70. The van der Waals surface area contributed by atoms with E-state index >= 15 is 0 Å². The van der Waals surface area contributed by atoms with Crippen molar-refractivity contribution in [2.45, 2.75) is 167 Å². The van der Waals surface area contributed by atoms with Crippen molar-refractivity contribution in [2.24, 2.45) is 11.8 Å². The maximum atomic E-state index is 12.0. The quantitative estimate of drug-likeness (QED) is 0.0447. The van der Waals surface area contributed by atoms with Gasteiger partial charge in [0.25, 0.3) is 0 Å². The molecule has 0 fully saturated rings. The molecule has 6 heteroatoms. The summed E-state index contributed by atoms with van der Waals surface area (Å²) in [5, 5.41) is 37.8. The van der Waals surface area contributed by atoms with Crippen molar-refractivity contribution in [3.8, 4) is 0 Å². The molecule has 0 spiro atoms. The molecular weight excluding hydrogens is 540 g/mol. The Morgan fingerprint density at radius 2 is 1.09 bits per heavy atom. The lowest BCUT2D eigenvalue weighted by molar-refractivity contribution is -0.145. The third-order valence-electron chi connectivity index (χ3n) is 8.31. The van der Waals surface area contributed by atoms with E-state index in [1.807, 2.05) is 0 Å². The fourth-order valence-electron chi connectivity index (χ4n) is 5.64. The second-order valence-corrected chi connectivity index (χ2v) is 12.3. The number of carboxylic acid groups (broad SMARTS) is 2. The molecule has 0 heterocycles. The molecule has 0 aromatic heterocycles. The van der Waals surface area contributed by atoms with Crippen LogP contribution in [0.15, 0.2) is 36.5 Å². The summed E-state index contributed by atoms with van der Waals surface area (Å²) in [6.07, 6.45) is 36.9. The minimum atomic E-state index is -0.980. The standard InChI is InChI=1S/C37H66O6/c1-2-3-4-5-6-7-13-16-19-22-25-28-33(35(37(42)43)31-34(39)32-38)29-26-23-20-17-14-11-9-8-10-12-15-18-21-24-27-30-36(40)41/h8,10-11,14,20,23,33-35,38-39H,2-7,9,12-13,15-19,21-22,24-32H2,1H3,(H,40,41)(H,42,43)/b10-8-,14-11-,23-20-. The number of carboxylic acids is 2. The molecule has 0 aliphatic rings.